The molecule has 104 valence electrons. The van der Waals surface area contributed by atoms with Gasteiger partial charge in [-0.3, -0.25) is 0 Å². The first-order chi connectivity index (χ1) is 8.93. The van der Waals surface area contributed by atoms with Crippen LogP contribution in [0.2, 0.25) is 5.02 Å². The molecule has 0 saturated heterocycles. The molecule has 0 atom stereocenters. The Bertz CT molecular complexity index is 607. The smallest absolute Gasteiger partial charge is 0.240 e. The van der Waals surface area contributed by atoms with Crippen LogP contribution in [0.4, 0.5) is 5.69 Å². The number of anilines is 1. The molecule has 0 amide bonds. The average Bonchev–Trinajstić information content (AvgIpc) is 3.23. The van der Waals surface area contributed by atoms with Crippen LogP contribution in [-0.4, -0.2) is 15.0 Å². The predicted molar refractivity (Wildman–Crippen MR) is 75.4 cm³/mol. The Balaban J connectivity index is 1.73. The number of sulfonamides is 1. The van der Waals surface area contributed by atoms with Crippen LogP contribution in [0.25, 0.3) is 0 Å². The Labute approximate surface area is 118 Å². The van der Waals surface area contributed by atoms with Crippen molar-refractivity contribution in [3.05, 3.63) is 23.2 Å². The Morgan fingerprint density at radius 2 is 2.05 bits per heavy atom. The molecule has 4 nitrogen and oxygen atoms in total. The molecule has 0 heterocycles. The first kappa shape index (κ1) is 13.2. The third-order valence-electron chi connectivity index (χ3n) is 4.23. The van der Waals surface area contributed by atoms with Crippen molar-refractivity contribution in [1.82, 2.24) is 4.72 Å². The fourth-order valence-electron chi connectivity index (χ4n) is 2.58. The van der Waals surface area contributed by atoms with Crippen LogP contribution >= 0.6 is 11.6 Å². The van der Waals surface area contributed by atoms with E-state index in [0.29, 0.717) is 12.2 Å². The summed E-state index contributed by atoms with van der Waals surface area (Å²) in [7, 11) is -3.49. The highest BCUT2D eigenvalue weighted by atomic mass is 35.5. The summed E-state index contributed by atoms with van der Waals surface area (Å²) >= 11 is 5.87. The average molecular weight is 301 g/mol. The molecule has 0 spiro atoms. The number of nitrogen functional groups attached to an aromatic ring is 1. The number of rotatable bonds is 5. The molecule has 6 heteroatoms. The molecule has 2 fully saturated rings. The van der Waals surface area contributed by atoms with Gasteiger partial charge in [-0.1, -0.05) is 11.6 Å². The van der Waals surface area contributed by atoms with Crippen LogP contribution in [-0.2, 0) is 10.0 Å². The van der Waals surface area contributed by atoms with E-state index in [9.17, 15) is 8.42 Å². The van der Waals surface area contributed by atoms with Gasteiger partial charge in [0.05, 0.1) is 15.6 Å². The lowest BCUT2D eigenvalue weighted by molar-refractivity contribution is 0.432. The van der Waals surface area contributed by atoms with Gasteiger partial charge in [-0.15, -0.1) is 0 Å². The minimum Gasteiger partial charge on any atom is -0.398 e. The summed E-state index contributed by atoms with van der Waals surface area (Å²) in [6, 6.07) is 4.40. The van der Waals surface area contributed by atoms with Gasteiger partial charge >= 0.3 is 0 Å². The third-order valence-corrected chi connectivity index (χ3v) is 5.96. The van der Waals surface area contributed by atoms with E-state index in [2.05, 4.69) is 4.72 Å². The first-order valence-electron chi connectivity index (χ1n) is 6.48. The molecule has 2 saturated carbocycles. The van der Waals surface area contributed by atoms with Crippen molar-refractivity contribution in [2.45, 2.75) is 30.6 Å². The van der Waals surface area contributed by atoms with Gasteiger partial charge in [0.25, 0.3) is 0 Å². The minimum atomic E-state index is -3.49. The number of hydrogen-bond acceptors (Lipinski definition) is 3. The second kappa shape index (κ2) is 4.36. The highest BCUT2D eigenvalue weighted by molar-refractivity contribution is 7.89. The summed E-state index contributed by atoms with van der Waals surface area (Å²) in [5.41, 5.74) is 6.21. The lowest BCUT2D eigenvalue weighted by Gasteiger charge is -2.15. The zero-order valence-electron chi connectivity index (χ0n) is 10.5. The lowest BCUT2D eigenvalue weighted by atomic mass is 10.0. The zero-order chi connectivity index (χ0) is 13.7. The monoisotopic (exact) mass is 300 g/mol. The van der Waals surface area contributed by atoms with E-state index in [1.54, 1.807) is 0 Å². The molecule has 2 aliphatic rings. The maximum Gasteiger partial charge on any atom is 0.240 e. The summed E-state index contributed by atoms with van der Waals surface area (Å²) in [6.07, 6.45) is 4.77. The Morgan fingerprint density at radius 1 is 1.37 bits per heavy atom. The molecule has 2 aliphatic carbocycles. The van der Waals surface area contributed by atoms with Gasteiger partial charge in [0.15, 0.2) is 0 Å². The molecule has 1 aromatic carbocycles. The largest absolute Gasteiger partial charge is 0.398 e. The van der Waals surface area contributed by atoms with E-state index in [4.69, 9.17) is 17.3 Å². The van der Waals surface area contributed by atoms with E-state index < -0.39 is 10.0 Å². The van der Waals surface area contributed by atoms with E-state index >= 15 is 0 Å². The second-order valence-electron chi connectivity index (χ2n) is 5.64. The van der Waals surface area contributed by atoms with Crippen molar-refractivity contribution in [2.24, 2.45) is 11.3 Å². The fourth-order valence-corrected chi connectivity index (χ4v) is 3.99. The Hall–Kier alpha value is -0.780. The first-order valence-corrected chi connectivity index (χ1v) is 8.34. The summed E-state index contributed by atoms with van der Waals surface area (Å²) in [4.78, 5) is 0.179. The number of nitrogens with two attached hydrogens (primary N) is 1. The highest BCUT2D eigenvalue weighted by Crippen LogP contribution is 2.60. The van der Waals surface area contributed by atoms with Gasteiger partial charge in [0.2, 0.25) is 10.0 Å². The SMILES string of the molecule is Nc1ccc(S(=O)(=O)NCC2(C3CC3)CC2)cc1Cl. The van der Waals surface area contributed by atoms with Gasteiger partial charge in [-0.25, -0.2) is 13.1 Å². The topological polar surface area (TPSA) is 72.2 Å². The van der Waals surface area contributed by atoms with Gasteiger partial charge in [0, 0.05) is 6.54 Å². The van der Waals surface area contributed by atoms with Gasteiger partial charge in [-0.05, 0) is 55.2 Å². The fraction of sp³-hybridized carbons (Fsp3) is 0.538. The lowest BCUT2D eigenvalue weighted by Crippen LogP contribution is -2.31. The van der Waals surface area contributed by atoms with Crippen molar-refractivity contribution in [1.29, 1.82) is 0 Å². The van der Waals surface area contributed by atoms with Crippen molar-refractivity contribution in [3.8, 4) is 0 Å². The number of nitrogens with one attached hydrogen (secondary N) is 1. The van der Waals surface area contributed by atoms with Gasteiger partial charge in [-0.2, -0.15) is 0 Å². The molecule has 0 aliphatic heterocycles. The molecule has 19 heavy (non-hydrogen) atoms. The van der Waals surface area contributed by atoms with Crippen LogP contribution in [0.1, 0.15) is 25.7 Å². The van der Waals surface area contributed by atoms with E-state index in [0.717, 1.165) is 18.8 Å². The van der Waals surface area contributed by atoms with Crippen molar-refractivity contribution in [2.75, 3.05) is 12.3 Å². The molecular weight excluding hydrogens is 284 g/mol. The second-order valence-corrected chi connectivity index (χ2v) is 7.82. The Morgan fingerprint density at radius 3 is 2.58 bits per heavy atom. The third kappa shape index (κ3) is 2.59. The number of hydrogen-bond donors (Lipinski definition) is 2. The van der Waals surface area contributed by atoms with Crippen LogP contribution in [0.3, 0.4) is 0 Å². The molecule has 0 bridgehead atoms. The van der Waals surface area contributed by atoms with E-state index in [-0.39, 0.29) is 15.3 Å². The maximum absolute atomic E-state index is 12.2. The minimum absolute atomic E-state index is 0.179. The molecule has 1 aromatic rings. The normalized spacial score (nSPS) is 21.3. The maximum atomic E-state index is 12.2. The van der Waals surface area contributed by atoms with E-state index in [1.807, 2.05) is 0 Å². The summed E-state index contributed by atoms with van der Waals surface area (Å²) in [5, 5.41) is 0.270. The van der Waals surface area contributed by atoms with Crippen molar-refractivity contribution in [3.63, 3.8) is 0 Å². The van der Waals surface area contributed by atoms with E-state index in [1.165, 1.54) is 31.0 Å². The van der Waals surface area contributed by atoms with Gasteiger partial charge < -0.3 is 5.73 Å². The van der Waals surface area contributed by atoms with Crippen LogP contribution in [0, 0.1) is 11.3 Å². The molecular formula is C13H17ClN2O2S. The van der Waals surface area contributed by atoms with Gasteiger partial charge in [0.1, 0.15) is 0 Å². The molecule has 0 unspecified atom stereocenters. The molecule has 3 N–H and O–H groups in total. The summed E-state index contributed by atoms with van der Waals surface area (Å²) in [6.45, 7) is 0.544. The summed E-state index contributed by atoms with van der Waals surface area (Å²) in [5.74, 6) is 0.727. The Kier molecular flexibility index (Phi) is 3.04. The molecule has 3 rings (SSSR count). The van der Waals surface area contributed by atoms with Crippen molar-refractivity contribution >= 4 is 27.3 Å². The molecule has 0 radical (unpaired) electrons. The van der Waals surface area contributed by atoms with Crippen LogP contribution in [0.15, 0.2) is 23.1 Å². The van der Waals surface area contributed by atoms with Crippen LogP contribution in [0.5, 0.6) is 0 Å². The highest BCUT2D eigenvalue weighted by Gasteiger charge is 2.53. The van der Waals surface area contributed by atoms with Crippen LogP contribution < -0.4 is 10.5 Å². The number of halogens is 1. The zero-order valence-corrected chi connectivity index (χ0v) is 12.1. The summed E-state index contributed by atoms with van der Waals surface area (Å²) < 4.78 is 27.1. The predicted octanol–water partition coefficient (Wildman–Crippen LogP) is 2.39. The quantitative estimate of drug-likeness (QED) is 0.820. The van der Waals surface area contributed by atoms with Crippen molar-refractivity contribution < 1.29 is 8.42 Å². The molecule has 0 aromatic heterocycles. The number of benzene rings is 1. The standard InChI is InChI=1S/C13H17ClN2O2S/c14-11-7-10(3-4-12(11)15)19(17,18)16-8-13(5-6-13)9-1-2-9/h3-4,7,9,16H,1-2,5-6,8,15H2.